The van der Waals surface area contributed by atoms with Gasteiger partial charge in [0, 0.05) is 37.2 Å². The van der Waals surface area contributed by atoms with E-state index in [1.165, 1.54) is 10.6 Å². The quantitative estimate of drug-likeness (QED) is 0.606. The van der Waals surface area contributed by atoms with E-state index in [-0.39, 0.29) is 18.4 Å². The molecule has 0 N–H and O–H groups in total. The highest BCUT2D eigenvalue weighted by molar-refractivity contribution is 7.88. The minimum atomic E-state index is -3.38. The van der Waals surface area contributed by atoms with Crippen molar-refractivity contribution < 1.29 is 8.42 Å². The molecule has 0 aliphatic rings. The van der Waals surface area contributed by atoms with Crippen molar-refractivity contribution in [2.45, 2.75) is 13.1 Å². The number of nitrogens with zero attached hydrogens (tertiary/aromatic N) is 4. The first-order valence-corrected chi connectivity index (χ1v) is 10.1. The van der Waals surface area contributed by atoms with Crippen LogP contribution in [0.2, 0.25) is 5.28 Å². The van der Waals surface area contributed by atoms with Gasteiger partial charge in [-0.1, -0.05) is 18.2 Å². The molecule has 0 spiro atoms. The zero-order chi connectivity index (χ0) is 18.6. The highest BCUT2D eigenvalue weighted by atomic mass is 35.5. The number of sulfonamides is 1. The fourth-order valence-corrected chi connectivity index (χ4v) is 3.43. The van der Waals surface area contributed by atoms with Gasteiger partial charge in [-0.3, -0.25) is 4.98 Å². The maximum Gasteiger partial charge on any atom is 0.222 e. The highest BCUT2D eigenvalue weighted by Crippen LogP contribution is 2.21. The maximum absolute atomic E-state index is 12.2. The molecule has 0 atom stereocenters. The van der Waals surface area contributed by atoms with E-state index in [1.54, 1.807) is 36.8 Å². The van der Waals surface area contributed by atoms with Gasteiger partial charge in [0.1, 0.15) is 0 Å². The summed E-state index contributed by atoms with van der Waals surface area (Å²) in [5.74, 6) is 0. The van der Waals surface area contributed by atoms with Crippen molar-refractivity contribution in [3.8, 4) is 11.3 Å². The number of aromatic nitrogens is 3. The fourth-order valence-electron chi connectivity index (χ4n) is 2.51. The molecular formula is C18H17ClN4O2S. The molecule has 2 aromatic heterocycles. The van der Waals surface area contributed by atoms with Gasteiger partial charge in [-0.25, -0.2) is 18.4 Å². The first kappa shape index (κ1) is 18.4. The second-order valence-corrected chi connectivity index (χ2v) is 8.12. The summed E-state index contributed by atoms with van der Waals surface area (Å²) in [6.07, 6.45) is 6.09. The molecule has 1 aromatic carbocycles. The minimum Gasteiger partial charge on any atom is -0.265 e. The van der Waals surface area contributed by atoms with Gasteiger partial charge in [-0.05, 0) is 47.0 Å². The number of halogens is 1. The summed E-state index contributed by atoms with van der Waals surface area (Å²) in [6.45, 7) is 0.540. The van der Waals surface area contributed by atoms with Crippen LogP contribution in [0.1, 0.15) is 11.1 Å². The zero-order valence-electron chi connectivity index (χ0n) is 14.1. The van der Waals surface area contributed by atoms with Crippen LogP contribution in [0.5, 0.6) is 0 Å². The lowest BCUT2D eigenvalue weighted by Crippen LogP contribution is -2.29. The van der Waals surface area contributed by atoms with Crippen molar-refractivity contribution in [3.05, 3.63) is 77.5 Å². The van der Waals surface area contributed by atoms with E-state index in [1.807, 2.05) is 24.3 Å². The Morgan fingerprint density at radius 1 is 1.00 bits per heavy atom. The molecule has 2 heterocycles. The molecule has 6 nitrogen and oxygen atoms in total. The average Bonchev–Trinajstić information content (AvgIpc) is 2.62. The van der Waals surface area contributed by atoms with Crippen LogP contribution in [-0.4, -0.2) is 33.9 Å². The Morgan fingerprint density at radius 2 is 1.73 bits per heavy atom. The predicted molar refractivity (Wildman–Crippen MR) is 101 cm³/mol. The molecule has 0 aliphatic heterocycles. The summed E-state index contributed by atoms with van der Waals surface area (Å²) >= 11 is 5.85. The van der Waals surface area contributed by atoms with Crippen LogP contribution in [0, 0.1) is 0 Å². The summed E-state index contributed by atoms with van der Waals surface area (Å²) in [7, 11) is -3.38. The Morgan fingerprint density at radius 3 is 2.42 bits per heavy atom. The van der Waals surface area contributed by atoms with Crippen molar-refractivity contribution in [1.29, 1.82) is 0 Å². The first-order chi connectivity index (χ1) is 12.4. The molecule has 3 rings (SSSR count). The van der Waals surface area contributed by atoms with Gasteiger partial charge in [0.05, 0.1) is 11.9 Å². The lowest BCUT2D eigenvalue weighted by molar-refractivity contribution is 0.405. The van der Waals surface area contributed by atoms with E-state index < -0.39 is 10.0 Å². The van der Waals surface area contributed by atoms with Crippen LogP contribution in [0.4, 0.5) is 0 Å². The van der Waals surface area contributed by atoms with Gasteiger partial charge in [0.25, 0.3) is 0 Å². The third-order valence-corrected chi connectivity index (χ3v) is 5.16. The second-order valence-electron chi connectivity index (χ2n) is 5.80. The van der Waals surface area contributed by atoms with Crippen molar-refractivity contribution in [2.75, 3.05) is 6.26 Å². The summed E-state index contributed by atoms with van der Waals surface area (Å²) in [5, 5.41) is 0.170. The molecule has 0 bridgehead atoms. The molecule has 0 unspecified atom stereocenters. The van der Waals surface area contributed by atoms with E-state index >= 15 is 0 Å². The summed E-state index contributed by atoms with van der Waals surface area (Å²) < 4.78 is 25.8. The molecule has 8 heteroatoms. The third kappa shape index (κ3) is 4.85. The standard InChI is InChI=1S/C18H17ClN4O2S/c1-26(24,25)23(12-14-5-8-20-9-6-14)13-15-3-2-4-16(11-15)17-7-10-21-18(19)22-17/h2-11H,12-13H2,1H3. The van der Waals surface area contributed by atoms with Crippen LogP contribution in [0.15, 0.2) is 61.1 Å². The number of hydrogen-bond acceptors (Lipinski definition) is 5. The topological polar surface area (TPSA) is 76.1 Å². The third-order valence-electron chi connectivity index (χ3n) is 3.79. The van der Waals surface area contributed by atoms with Crippen LogP contribution < -0.4 is 0 Å². The van der Waals surface area contributed by atoms with E-state index in [2.05, 4.69) is 15.0 Å². The van der Waals surface area contributed by atoms with Crippen LogP contribution in [-0.2, 0) is 23.1 Å². The van der Waals surface area contributed by atoms with Gasteiger partial charge in [0.2, 0.25) is 15.3 Å². The molecular weight excluding hydrogens is 372 g/mol. The largest absolute Gasteiger partial charge is 0.265 e. The lowest BCUT2D eigenvalue weighted by Gasteiger charge is -2.20. The smallest absolute Gasteiger partial charge is 0.222 e. The number of benzene rings is 1. The number of hydrogen-bond donors (Lipinski definition) is 0. The van der Waals surface area contributed by atoms with E-state index in [9.17, 15) is 8.42 Å². The van der Waals surface area contributed by atoms with E-state index in [0.29, 0.717) is 5.69 Å². The van der Waals surface area contributed by atoms with Crippen molar-refractivity contribution >= 4 is 21.6 Å². The highest BCUT2D eigenvalue weighted by Gasteiger charge is 2.18. The van der Waals surface area contributed by atoms with Crippen LogP contribution in [0.3, 0.4) is 0 Å². The SMILES string of the molecule is CS(=O)(=O)N(Cc1ccncc1)Cc1cccc(-c2ccnc(Cl)n2)c1. The molecule has 0 aliphatic carbocycles. The number of rotatable bonds is 6. The van der Waals surface area contributed by atoms with Crippen LogP contribution in [0.25, 0.3) is 11.3 Å². The van der Waals surface area contributed by atoms with E-state index in [0.717, 1.165) is 16.7 Å². The van der Waals surface area contributed by atoms with Gasteiger partial charge in [-0.2, -0.15) is 4.31 Å². The Bertz CT molecular complexity index is 997. The minimum absolute atomic E-state index is 0.170. The Hall–Kier alpha value is -2.35. The van der Waals surface area contributed by atoms with Crippen molar-refractivity contribution in [2.24, 2.45) is 0 Å². The molecule has 0 saturated heterocycles. The first-order valence-electron chi connectivity index (χ1n) is 7.84. The monoisotopic (exact) mass is 388 g/mol. The maximum atomic E-state index is 12.2. The molecule has 0 saturated carbocycles. The Labute approximate surface area is 157 Å². The molecule has 0 fully saturated rings. The van der Waals surface area contributed by atoms with Crippen molar-refractivity contribution in [3.63, 3.8) is 0 Å². The summed E-state index contributed by atoms with van der Waals surface area (Å²) in [5.41, 5.74) is 3.27. The Kier molecular flexibility index (Phi) is 5.61. The lowest BCUT2D eigenvalue weighted by atomic mass is 10.1. The zero-order valence-corrected chi connectivity index (χ0v) is 15.7. The van der Waals surface area contributed by atoms with Gasteiger partial charge >= 0.3 is 0 Å². The summed E-state index contributed by atoms with van der Waals surface area (Å²) in [4.78, 5) is 12.0. The van der Waals surface area contributed by atoms with Gasteiger partial charge < -0.3 is 0 Å². The predicted octanol–water partition coefficient (Wildman–Crippen LogP) is 3.15. The molecule has 0 amide bonds. The van der Waals surface area contributed by atoms with Gasteiger partial charge in [0.15, 0.2) is 0 Å². The molecule has 134 valence electrons. The van der Waals surface area contributed by atoms with Gasteiger partial charge in [-0.15, -0.1) is 0 Å². The fraction of sp³-hybridized carbons (Fsp3) is 0.167. The van der Waals surface area contributed by atoms with Crippen molar-refractivity contribution in [1.82, 2.24) is 19.3 Å². The Balaban J connectivity index is 1.86. The average molecular weight is 389 g/mol. The van der Waals surface area contributed by atoms with Crippen LogP contribution >= 0.6 is 11.6 Å². The molecule has 0 radical (unpaired) electrons. The second kappa shape index (κ2) is 7.90. The van der Waals surface area contributed by atoms with E-state index in [4.69, 9.17) is 11.6 Å². The summed E-state index contributed by atoms with van der Waals surface area (Å²) in [6, 6.07) is 12.9. The molecule has 26 heavy (non-hydrogen) atoms. The normalized spacial score (nSPS) is 11.7. The molecule has 3 aromatic rings. The number of pyridine rings is 1.